The van der Waals surface area contributed by atoms with Gasteiger partial charge in [-0.05, 0) is 55.5 Å². The van der Waals surface area contributed by atoms with Crippen LogP contribution in [0.4, 0.5) is 0 Å². The molecule has 0 atom stereocenters. The monoisotopic (exact) mass is 481 g/mol. The van der Waals surface area contributed by atoms with Crippen molar-refractivity contribution in [2.24, 2.45) is 5.73 Å². The predicted octanol–water partition coefficient (Wildman–Crippen LogP) is 3.12. The first-order chi connectivity index (χ1) is 15.7. The fourth-order valence-electron chi connectivity index (χ4n) is 3.61. The Morgan fingerprint density at radius 1 is 1.03 bits per heavy atom. The average molecular weight is 482 g/mol. The number of rotatable bonds is 9. The second-order valence-electron chi connectivity index (χ2n) is 8.30. The molecule has 0 saturated heterocycles. The third kappa shape index (κ3) is 6.96. The van der Waals surface area contributed by atoms with Crippen molar-refractivity contribution in [2.75, 3.05) is 12.0 Å². The van der Waals surface area contributed by atoms with Gasteiger partial charge in [0, 0.05) is 30.4 Å². The lowest BCUT2D eigenvalue weighted by atomic mass is 10.0. The number of halogens is 1. The highest BCUT2D eigenvalue weighted by Crippen LogP contribution is 2.11. The Balaban J connectivity index is 0.00000408. The largest absolute Gasteiger partial charge is 0.384 e. The van der Waals surface area contributed by atoms with Crippen LogP contribution in [0.25, 0.3) is 0 Å². The Morgan fingerprint density at radius 2 is 1.74 bits per heavy atom. The Labute approximate surface area is 206 Å². The molecule has 0 aliphatic carbocycles. The quantitative estimate of drug-likeness (QED) is 0.278. The van der Waals surface area contributed by atoms with Gasteiger partial charge < -0.3 is 16.5 Å². The summed E-state index contributed by atoms with van der Waals surface area (Å²) in [7, 11) is 0. The Morgan fingerprint density at radius 3 is 2.41 bits per heavy atom. The Bertz CT molecular complexity index is 1220. The van der Waals surface area contributed by atoms with E-state index in [1.807, 2.05) is 25.1 Å². The number of nitrogens with zero attached hydrogens (tertiary/aromatic N) is 1. The fraction of sp³-hybridized carbons (Fsp3) is 0.269. The van der Waals surface area contributed by atoms with Crippen LogP contribution in [0.3, 0.4) is 0 Å². The van der Waals surface area contributed by atoms with Crippen LogP contribution >= 0.6 is 12.4 Å². The van der Waals surface area contributed by atoms with E-state index in [1.165, 1.54) is 21.4 Å². The van der Waals surface area contributed by atoms with Crippen molar-refractivity contribution < 1.29 is 4.79 Å². The van der Waals surface area contributed by atoms with Gasteiger partial charge in [0.15, 0.2) is 0 Å². The first-order valence-corrected chi connectivity index (χ1v) is 11.0. The zero-order valence-electron chi connectivity index (χ0n) is 19.8. The van der Waals surface area contributed by atoms with E-state index in [4.69, 9.17) is 11.1 Å². The standard InChI is InChI=1S/C26H31N5O2.ClH/c1-17-4-5-18(2)22(14-17)10-12-30-31-13-11-19(3)23(26(31)33)15-24(32)29-16-20-6-8-21(9-7-20)25(27)28;/h4-9,11,13-14,30H,10,12,15-16H2,1-3H3,(H3,27,28)(H,29,32);1H. The lowest BCUT2D eigenvalue weighted by Gasteiger charge is -2.14. The maximum atomic E-state index is 13.0. The van der Waals surface area contributed by atoms with Crippen molar-refractivity contribution in [3.8, 4) is 0 Å². The third-order valence-corrected chi connectivity index (χ3v) is 5.70. The predicted molar refractivity (Wildman–Crippen MR) is 140 cm³/mol. The van der Waals surface area contributed by atoms with Crippen LogP contribution in [0, 0.1) is 26.2 Å². The van der Waals surface area contributed by atoms with Gasteiger partial charge in [0.25, 0.3) is 5.56 Å². The van der Waals surface area contributed by atoms with Gasteiger partial charge >= 0.3 is 0 Å². The molecule has 7 nitrogen and oxygen atoms in total. The molecule has 3 rings (SSSR count). The number of hydrogen-bond acceptors (Lipinski definition) is 4. The molecule has 3 aromatic rings. The Hall–Kier alpha value is -3.58. The minimum absolute atomic E-state index is 0. The second-order valence-corrected chi connectivity index (χ2v) is 8.30. The van der Waals surface area contributed by atoms with Gasteiger partial charge in [0.05, 0.1) is 6.42 Å². The van der Waals surface area contributed by atoms with Crippen LogP contribution in [0.2, 0.25) is 0 Å². The summed E-state index contributed by atoms with van der Waals surface area (Å²) >= 11 is 0. The molecule has 0 fully saturated rings. The van der Waals surface area contributed by atoms with Crippen molar-refractivity contribution in [1.29, 1.82) is 5.41 Å². The third-order valence-electron chi connectivity index (χ3n) is 5.70. The molecule has 0 radical (unpaired) electrons. The molecule has 1 amide bonds. The topological polar surface area (TPSA) is 113 Å². The smallest absolute Gasteiger partial charge is 0.272 e. The number of benzene rings is 2. The van der Waals surface area contributed by atoms with E-state index in [1.54, 1.807) is 18.3 Å². The summed E-state index contributed by atoms with van der Waals surface area (Å²) in [5.74, 6) is -0.219. The van der Waals surface area contributed by atoms with Gasteiger partial charge in [-0.25, -0.2) is 4.68 Å². The molecule has 0 bridgehead atoms. The van der Waals surface area contributed by atoms with Gasteiger partial charge in [-0.15, -0.1) is 12.4 Å². The molecule has 0 aliphatic rings. The van der Waals surface area contributed by atoms with Gasteiger partial charge in [-0.2, -0.15) is 0 Å². The van der Waals surface area contributed by atoms with Crippen molar-refractivity contribution in [3.05, 3.63) is 104 Å². The Kier molecular flexibility index (Phi) is 9.45. The summed E-state index contributed by atoms with van der Waals surface area (Å²) < 4.78 is 1.46. The average Bonchev–Trinajstić information content (AvgIpc) is 2.79. The van der Waals surface area contributed by atoms with E-state index in [9.17, 15) is 9.59 Å². The number of hydrogen-bond donors (Lipinski definition) is 4. The number of nitrogen functional groups attached to an aromatic ring is 1. The normalized spacial score (nSPS) is 10.3. The van der Waals surface area contributed by atoms with E-state index < -0.39 is 0 Å². The van der Waals surface area contributed by atoms with E-state index in [0.717, 1.165) is 17.5 Å². The van der Waals surface area contributed by atoms with Gasteiger partial charge in [-0.3, -0.25) is 15.0 Å². The molecule has 0 saturated carbocycles. The highest BCUT2D eigenvalue weighted by molar-refractivity contribution is 5.94. The van der Waals surface area contributed by atoms with Crippen LogP contribution in [0.15, 0.2) is 59.5 Å². The fourth-order valence-corrected chi connectivity index (χ4v) is 3.61. The first-order valence-electron chi connectivity index (χ1n) is 11.0. The molecule has 8 heteroatoms. The number of nitrogens with two attached hydrogens (primary N) is 1. The summed E-state index contributed by atoms with van der Waals surface area (Å²) in [6.07, 6.45) is 2.51. The first kappa shape index (κ1) is 26.7. The van der Waals surface area contributed by atoms with E-state index >= 15 is 0 Å². The van der Waals surface area contributed by atoms with Crippen molar-refractivity contribution in [1.82, 2.24) is 9.99 Å². The zero-order chi connectivity index (χ0) is 24.0. The number of aromatic nitrogens is 1. The number of aryl methyl sites for hydroxylation is 3. The number of amidine groups is 1. The van der Waals surface area contributed by atoms with E-state index in [0.29, 0.717) is 24.2 Å². The molecule has 34 heavy (non-hydrogen) atoms. The molecule has 180 valence electrons. The maximum Gasteiger partial charge on any atom is 0.272 e. The summed E-state index contributed by atoms with van der Waals surface area (Å²) in [4.78, 5) is 25.5. The molecule has 1 heterocycles. The molecular formula is C26H32ClN5O2. The minimum atomic E-state index is -0.223. The van der Waals surface area contributed by atoms with Gasteiger partial charge in [0.2, 0.25) is 5.91 Å². The second kappa shape index (κ2) is 12.0. The molecule has 0 unspecified atom stereocenters. The summed E-state index contributed by atoms with van der Waals surface area (Å²) in [5, 5.41) is 10.3. The van der Waals surface area contributed by atoms with E-state index in [2.05, 4.69) is 42.8 Å². The van der Waals surface area contributed by atoms with Crippen LogP contribution in [-0.2, 0) is 24.2 Å². The number of pyridine rings is 1. The molecular weight excluding hydrogens is 450 g/mol. The highest BCUT2D eigenvalue weighted by Gasteiger charge is 2.12. The SMILES string of the molecule is Cc1ccc(C)c(CCNn2ccc(C)c(CC(=O)NCc3ccc(C(=N)N)cc3)c2=O)c1.Cl. The lowest BCUT2D eigenvalue weighted by Crippen LogP contribution is -2.35. The van der Waals surface area contributed by atoms with Crippen LogP contribution in [0.5, 0.6) is 0 Å². The zero-order valence-corrected chi connectivity index (χ0v) is 20.6. The molecule has 0 aliphatic heterocycles. The van der Waals surface area contributed by atoms with Crippen LogP contribution in [0.1, 0.15) is 38.9 Å². The van der Waals surface area contributed by atoms with Crippen LogP contribution in [-0.4, -0.2) is 23.0 Å². The summed E-state index contributed by atoms with van der Waals surface area (Å²) in [6.45, 7) is 6.94. The van der Waals surface area contributed by atoms with Gasteiger partial charge in [0.1, 0.15) is 5.84 Å². The molecule has 5 N–H and O–H groups in total. The van der Waals surface area contributed by atoms with E-state index in [-0.39, 0.29) is 36.1 Å². The highest BCUT2D eigenvalue weighted by atomic mass is 35.5. The maximum absolute atomic E-state index is 13.0. The summed E-state index contributed by atoms with van der Waals surface area (Å²) in [6, 6.07) is 15.3. The van der Waals surface area contributed by atoms with Crippen molar-refractivity contribution in [2.45, 2.75) is 40.2 Å². The molecule has 0 spiro atoms. The number of amides is 1. The number of carbonyl (C=O) groups is 1. The minimum Gasteiger partial charge on any atom is -0.384 e. The van der Waals surface area contributed by atoms with Crippen LogP contribution < -0.4 is 22.0 Å². The lowest BCUT2D eigenvalue weighted by molar-refractivity contribution is -0.120. The molecule has 2 aromatic carbocycles. The molecule has 1 aromatic heterocycles. The van der Waals surface area contributed by atoms with Crippen molar-refractivity contribution in [3.63, 3.8) is 0 Å². The van der Waals surface area contributed by atoms with Crippen molar-refractivity contribution >= 4 is 24.1 Å². The number of nitrogens with one attached hydrogen (secondary N) is 3. The summed E-state index contributed by atoms with van der Waals surface area (Å²) in [5.41, 5.74) is 14.9. The number of carbonyl (C=O) groups excluding carboxylic acids is 1. The van der Waals surface area contributed by atoms with Gasteiger partial charge in [-0.1, -0.05) is 48.0 Å².